The SMILES string of the molecule is C/C=C(\N=C(/C)C1CCON1)C(F)(F)F. The third kappa shape index (κ3) is 3.32. The quantitative estimate of drug-likeness (QED) is 0.727. The third-order valence-corrected chi connectivity index (χ3v) is 2.10. The summed E-state index contributed by atoms with van der Waals surface area (Å²) in [5.74, 6) is 0. The lowest BCUT2D eigenvalue weighted by atomic mass is 10.1. The molecule has 0 spiro atoms. The number of nitrogens with zero attached hydrogens (tertiary/aromatic N) is 1. The molecule has 3 nitrogen and oxygen atoms in total. The van der Waals surface area contributed by atoms with Crippen molar-refractivity contribution >= 4 is 5.71 Å². The molecule has 1 aliphatic rings. The molecule has 0 aromatic heterocycles. The van der Waals surface area contributed by atoms with Gasteiger partial charge in [-0.05, 0) is 20.3 Å². The van der Waals surface area contributed by atoms with Crippen LogP contribution in [0.5, 0.6) is 0 Å². The van der Waals surface area contributed by atoms with Gasteiger partial charge in [-0.25, -0.2) is 0 Å². The van der Waals surface area contributed by atoms with Gasteiger partial charge in [0.05, 0.1) is 12.6 Å². The van der Waals surface area contributed by atoms with E-state index in [0.717, 1.165) is 6.08 Å². The van der Waals surface area contributed by atoms with Crippen molar-refractivity contribution in [3.63, 3.8) is 0 Å². The molecule has 1 atom stereocenters. The fraction of sp³-hybridized carbons (Fsp3) is 0.667. The molecule has 0 radical (unpaired) electrons. The van der Waals surface area contributed by atoms with E-state index in [0.29, 0.717) is 18.7 Å². The number of nitrogens with one attached hydrogen (secondary N) is 1. The summed E-state index contributed by atoms with van der Waals surface area (Å²) in [6, 6.07) is -0.220. The van der Waals surface area contributed by atoms with Crippen LogP contribution in [0.1, 0.15) is 20.3 Å². The average molecular weight is 222 g/mol. The number of halogens is 3. The maximum Gasteiger partial charge on any atom is 0.432 e. The maximum atomic E-state index is 12.3. The summed E-state index contributed by atoms with van der Waals surface area (Å²) in [5.41, 5.74) is 2.13. The Labute approximate surface area is 86.0 Å². The molecule has 1 heterocycles. The van der Waals surface area contributed by atoms with Gasteiger partial charge in [-0.3, -0.25) is 4.99 Å². The molecule has 0 bridgehead atoms. The van der Waals surface area contributed by atoms with Crippen molar-refractivity contribution in [3.05, 3.63) is 11.8 Å². The molecule has 1 aliphatic heterocycles. The van der Waals surface area contributed by atoms with Crippen molar-refractivity contribution in [1.29, 1.82) is 0 Å². The summed E-state index contributed by atoms with van der Waals surface area (Å²) in [6.07, 6.45) is -2.79. The number of allylic oxidation sites excluding steroid dienone is 2. The van der Waals surface area contributed by atoms with Gasteiger partial charge < -0.3 is 4.84 Å². The molecular formula is C9H13F3N2O. The maximum absolute atomic E-state index is 12.3. The second-order valence-corrected chi connectivity index (χ2v) is 3.23. The Balaban J connectivity index is 2.75. The predicted octanol–water partition coefficient (Wildman–Crippen LogP) is 2.21. The molecule has 0 amide bonds. The van der Waals surface area contributed by atoms with Crippen LogP contribution in [0, 0.1) is 0 Å². The lowest BCUT2D eigenvalue weighted by molar-refractivity contribution is -0.0924. The molecule has 1 unspecified atom stereocenters. The van der Waals surface area contributed by atoms with Gasteiger partial charge in [-0.15, -0.1) is 0 Å². The van der Waals surface area contributed by atoms with Gasteiger partial charge in [-0.1, -0.05) is 6.08 Å². The van der Waals surface area contributed by atoms with Gasteiger partial charge in [0.1, 0.15) is 5.70 Å². The van der Waals surface area contributed by atoms with E-state index in [1.165, 1.54) is 6.92 Å². The van der Waals surface area contributed by atoms with Crippen LogP contribution in [0.2, 0.25) is 0 Å². The Bertz CT molecular complexity index is 278. The molecule has 0 aromatic rings. The summed E-state index contributed by atoms with van der Waals surface area (Å²) in [4.78, 5) is 8.41. The summed E-state index contributed by atoms with van der Waals surface area (Å²) in [5, 5.41) is 0. The van der Waals surface area contributed by atoms with Gasteiger partial charge in [-0.2, -0.15) is 18.7 Å². The van der Waals surface area contributed by atoms with Crippen LogP contribution in [0.3, 0.4) is 0 Å². The van der Waals surface area contributed by atoms with Gasteiger partial charge in [0.2, 0.25) is 0 Å². The average Bonchev–Trinajstić information content (AvgIpc) is 2.64. The number of aliphatic imine (C=N–C) groups is 1. The van der Waals surface area contributed by atoms with Crippen molar-refractivity contribution in [2.45, 2.75) is 32.5 Å². The highest BCUT2D eigenvalue weighted by Crippen LogP contribution is 2.26. The Kier molecular flexibility index (Phi) is 3.87. The first-order chi connectivity index (χ1) is 6.95. The van der Waals surface area contributed by atoms with E-state index in [2.05, 4.69) is 10.5 Å². The first-order valence-corrected chi connectivity index (χ1v) is 4.61. The van der Waals surface area contributed by atoms with E-state index in [4.69, 9.17) is 4.84 Å². The number of rotatable bonds is 2. The van der Waals surface area contributed by atoms with Gasteiger partial charge in [0, 0.05) is 5.71 Å². The molecule has 1 fully saturated rings. The first kappa shape index (κ1) is 12.2. The second-order valence-electron chi connectivity index (χ2n) is 3.23. The summed E-state index contributed by atoms with van der Waals surface area (Å²) < 4.78 is 37.0. The lowest BCUT2D eigenvalue weighted by Gasteiger charge is -2.11. The molecule has 6 heteroatoms. The van der Waals surface area contributed by atoms with Crippen LogP contribution in [-0.2, 0) is 4.84 Å². The zero-order chi connectivity index (χ0) is 11.5. The fourth-order valence-corrected chi connectivity index (χ4v) is 1.25. The molecule has 1 saturated heterocycles. The Morgan fingerprint density at radius 2 is 2.20 bits per heavy atom. The zero-order valence-electron chi connectivity index (χ0n) is 8.56. The van der Waals surface area contributed by atoms with Crippen LogP contribution in [0.4, 0.5) is 13.2 Å². The van der Waals surface area contributed by atoms with E-state index in [1.807, 2.05) is 0 Å². The molecule has 15 heavy (non-hydrogen) atoms. The molecule has 86 valence electrons. The highest BCUT2D eigenvalue weighted by molar-refractivity contribution is 5.88. The van der Waals surface area contributed by atoms with E-state index in [-0.39, 0.29) is 6.04 Å². The van der Waals surface area contributed by atoms with Gasteiger partial charge >= 0.3 is 6.18 Å². The minimum atomic E-state index is -4.39. The summed E-state index contributed by atoms with van der Waals surface area (Å²) in [7, 11) is 0. The second kappa shape index (κ2) is 4.76. The summed E-state index contributed by atoms with van der Waals surface area (Å²) >= 11 is 0. The van der Waals surface area contributed by atoms with E-state index < -0.39 is 11.9 Å². The Morgan fingerprint density at radius 1 is 1.53 bits per heavy atom. The topological polar surface area (TPSA) is 33.6 Å². The van der Waals surface area contributed by atoms with Crippen molar-refractivity contribution in [2.24, 2.45) is 4.99 Å². The highest BCUT2D eigenvalue weighted by Gasteiger charge is 2.33. The minimum Gasteiger partial charge on any atom is -0.301 e. The lowest BCUT2D eigenvalue weighted by Crippen LogP contribution is -2.28. The number of hydrogen-bond acceptors (Lipinski definition) is 3. The third-order valence-electron chi connectivity index (χ3n) is 2.10. The standard InChI is InChI=1S/C9H13F3N2O/c1-3-8(9(10,11)12)13-6(2)7-4-5-15-14-7/h3,7,14H,4-5H2,1-2H3/b8-3-,13-6+. The van der Waals surface area contributed by atoms with Crippen molar-refractivity contribution in [3.8, 4) is 0 Å². The van der Waals surface area contributed by atoms with E-state index in [1.54, 1.807) is 6.92 Å². The first-order valence-electron chi connectivity index (χ1n) is 4.61. The molecule has 1 rings (SSSR count). The minimum absolute atomic E-state index is 0.220. The van der Waals surface area contributed by atoms with E-state index >= 15 is 0 Å². The van der Waals surface area contributed by atoms with Gasteiger partial charge in [0.15, 0.2) is 0 Å². The van der Waals surface area contributed by atoms with Gasteiger partial charge in [0.25, 0.3) is 0 Å². The van der Waals surface area contributed by atoms with Crippen LogP contribution in [0.15, 0.2) is 16.8 Å². The Morgan fingerprint density at radius 3 is 2.60 bits per heavy atom. The number of hydroxylamine groups is 1. The van der Waals surface area contributed by atoms with E-state index in [9.17, 15) is 13.2 Å². The van der Waals surface area contributed by atoms with Crippen molar-refractivity contribution in [2.75, 3.05) is 6.61 Å². The van der Waals surface area contributed by atoms with Crippen molar-refractivity contribution in [1.82, 2.24) is 5.48 Å². The molecule has 0 aromatic carbocycles. The number of hydrogen-bond donors (Lipinski definition) is 1. The molecular weight excluding hydrogens is 209 g/mol. The molecule has 1 N–H and O–H groups in total. The predicted molar refractivity (Wildman–Crippen MR) is 50.4 cm³/mol. The van der Waals surface area contributed by atoms with Crippen LogP contribution < -0.4 is 5.48 Å². The monoisotopic (exact) mass is 222 g/mol. The van der Waals surface area contributed by atoms with Crippen LogP contribution in [0.25, 0.3) is 0 Å². The van der Waals surface area contributed by atoms with Crippen molar-refractivity contribution < 1.29 is 18.0 Å². The number of alkyl halides is 3. The summed E-state index contributed by atoms with van der Waals surface area (Å²) in [6.45, 7) is 3.37. The largest absolute Gasteiger partial charge is 0.432 e. The molecule has 0 aliphatic carbocycles. The Hall–Kier alpha value is -0.880. The normalized spacial score (nSPS) is 24.7. The zero-order valence-corrected chi connectivity index (χ0v) is 8.56. The molecule has 0 saturated carbocycles. The highest BCUT2D eigenvalue weighted by atomic mass is 19.4. The van der Waals surface area contributed by atoms with Crippen LogP contribution in [-0.4, -0.2) is 24.5 Å². The van der Waals surface area contributed by atoms with Crippen LogP contribution >= 0.6 is 0 Å². The fourth-order valence-electron chi connectivity index (χ4n) is 1.25. The smallest absolute Gasteiger partial charge is 0.301 e.